The van der Waals surface area contributed by atoms with E-state index in [0.29, 0.717) is 38.0 Å². The number of halogens is 4. The first-order valence-electron chi connectivity index (χ1n) is 8.70. The summed E-state index contributed by atoms with van der Waals surface area (Å²) in [5.74, 6) is -0.600. The molecule has 4 rings (SSSR count). The number of hydrogen-bond acceptors (Lipinski definition) is 5. The molecule has 1 unspecified atom stereocenters. The van der Waals surface area contributed by atoms with Crippen LogP contribution >= 0.6 is 11.6 Å². The molecule has 0 radical (unpaired) electrons. The van der Waals surface area contributed by atoms with E-state index in [0.717, 1.165) is 6.07 Å². The molecule has 2 aromatic rings. The predicted octanol–water partition coefficient (Wildman–Crippen LogP) is 1.98. The van der Waals surface area contributed by atoms with Crippen LogP contribution in [0.3, 0.4) is 0 Å². The summed E-state index contributed by atoms with van der Waals surface area (Å²) >= 11 is 6.00. The minimum Gasteiger partial charge on any atom is -0.367 e. The first-order chi connectivity index (χ1) is 13.2. The van der Waals surface area contributed by atoms with Gasteiger partial charge in [-0.25, -0.2) is 5.10 Å². The lowest BCUT2D eigenvalue weighted by Gasteiger charge is -2.19. The second kappa shape index (κ2) is 6.80. The average molecular weight is 417 g/mol. The van der Waals surface area contributed by atoms with Crippen LogP contribution < -0.4 is 15.8 Å². The summed E-state index contributed by atoms with van der Waals surface area (Å²) in [6, 6.07) is 0.315. The number of nitrogens with zero attached hydrogens (tertiary/aromatic N) is 4. The smallest absolute Gasteiger partial charge is 0.367 e. The third-order valence-electron chi connectivity index (χ3n) is 4.79. The Morgan fingerprint density at radius 3 is 2.75 bits per heavy atom. The van der Waals surface area contributed by atoms with Gasteiger partial charge in [-0.1, -0.05) is 11.6 Å². The van der Waals surface area contributed by atoms with Gasteiger partial charge in [0, 0.05) is 25.2 Å². The average Bonchev–Trinajstić information content (AvgIpc) is 3.19. The Balaban J connectivity index is 1.48. The maximum absolute atomic E-state index is 13.0. The normalized spacial score (nSPS) is 19.9. The number of aromatic nitrogens is 4. The van der Waals surface area contributed by atoms with E-state index in [4.69, 9.17) is 11.6 Å². The molecule has 1 atom stereocenters. The number of anilines is 1. The Kier molecular flexibility index (Phi) is 4.56. The summed E-state index contributed by atoms with van der Waals surface area (Å²) in [7, 11) is 0. The SMILES string of the molecule is O=C(NC1CCN(c2cn[nH]c(=O)c2Cl)C1)c1cc(C(F)(F)F)nn1C1CC1. The zero-order valence-corrected chi connectivity index (χ0v) is 15.2. The van der Waals surface area contributed by atoms with Gasteiger partial charge >= 0.3 is 6.18 Å². The van der Waals surface area contributed by atoms with Gasteiger partial charge in [-0.15, -0.1) is 0 Å². The van der Waals surface area contributed by atoms with Crippen molar-refractivity contribution in [2.75, 3.05) is 18.0 Å². The zero-order chi connectivity index (χ0) is 20.1. The highest BCUT2D eigenvalue weighted by Gasteiger charge is 2.39. The molecule has 28 heavy (non-hydrogen) atoms. The number of alkyl halides is 3. The number of nitrogens with one attached hydrogen (secondary N) is 2. The van der Waals surface area contributed by atoms with Gasteiger partial charge in [-0.05, 0) is 19.3 Å². The summed E-state index contributed by atoms with van der Waals surface area (Å²) in [6.07, 6.45) is -1.23. The molecule has 3 heterocycles. The molecule has 8 nitrogen and oxygen atoms in total. The molecular formula is C16H16ClF3N6O2. The van der Waals surface area contributed by atoms with Crippen LogP contribution in [0.4, 0.5) is 18.9 Å². The molecule has 0 aromatic carbocycles. The Bertz CT molecular complexity index is 968. The van der Waals surface area contributed by atoms with Crippen LogP contribution in [-0.4, -0.2) is 45.0 Å². The van der Waals surface area contributed by atoms with E-state index in [1.807, 2.05) is 0 Å². The standard InChI is InChI=1S/C16H16ClF3N6O2/c17-13-11(6-21-23-15(13)28)25-4-3-8(7-25)22-14(27)10-5-12(16(18,19)20)24-26(10)9-1-2-9/h5-6,8-9H,1-4,7H2,(H,22,27)(H,23,28). The van der Waals surface area contributed by atoms with Crippen LogP contribution in [-0.2, 0) is 6.18 Å². The van der Waals surface area contributed by atoms with Crippen LogP contribution in [0.1, 0.15) is 41.5 Å². The fraction of sp³-hybridized carbons (Fsp3) is 0.500. The van der Waals surface area contributed by atoms with E-state index in [-0.39, 0.29) is 22.8 Å². The maximum atomic E-state index is 13.0. The highest BCUT2D eigenvalue weighted by molar-refractivity contribution is 6.33. The summed E-state index contributed by atoms with van der Waals surface area (Å²) in [6.45, 7) is 0.881. The van der Waals surface area contributed by atoms with E-state index in [2.05, 4.69) is 20.6 Å². The first kappa shape index (κ1) is 18.8. The van der Waals surface area contributed by atoms with Crippen molar-refractivity contribution >= 4 is 23.2 Å². The molecule has 1 amide bonds. The second-order valence-corrected chi connectivity index (χ2v) is 7.27. The van der Waals surface area contributed by atoms with Gasteiger partial charge in [0.2, 0.25) is 0 Å². The lowest BCUT2D eigenvalue weighted by Crippen LogP contribution is -2.38. The molecule has 2 N–H and O–H groups in total. The Morgan fingerprint density at radius 2 is 2.07 bits per heavy atom. The van der Waals surface area contributed by atoms with Crippen molar-refractivity contribution in [2.24, 2.45) is 0 Å². The molecule has 1 aliphatic carbocycles. The minimum absolute atomic E-state index is 0.00334. The van der Waals surface area contributed by atoms with Crippen LogP contribution in [0.2, 0.25) is 5.02 Å². The van der Waals surface area contributed by atoms with Crippen LogP contribution in [0, 0.1) is 0 Å². The largest absolute Gasteiger partial charge is 0.435 e. The molecule has 2 aliphatic rings. The van der Waals surface area contributed by atoms with Crippen molar-refractivity contribution in [2.45, 2.75) is 37.5 Å². The van der Waals surface area contributed by atoms with Gasteiger partial charge in [0.15, 0.2) is 5.69 Å². The molecule has 12 heteroatoms. The van der Waals surface area contributed by atoms with Crippen LogP contribution in [0.25, 0.3) is 0 Å². The highest BCUT2D eigenvalue weighted by Crippen LogP contribution is 2.38. The van der Waals surface area contributed by atoms with E-state index in [1.54, 1.807) is 4.90 Å². The lowest BCUT2D eigenvalue weighted by molar-refractivity contribution is -0.141. The Morgan fingerprint density at radius 1 is 1.32 bits per heavy atom. The van der Waals surface area contributed by atoms with Gasteiger partial charge in [-0.3, -0.25) is 14.3 Å². The van der Waals surface area contributed by atoms with Gasteiger partial charge in [0.05, 0.1) is 17.9 Å². The van der Waals surface area contributed by atoms with E-state index in [9.17, 15) is 22.8 Å². The monoisotopic (exact) mass is 416 g/mol. The fourth-order valence-electron chi connectivity index (χ4n) is 3.25. The molecule has 1 aliphatic heterocycles. The van der Waals surface area contributed by atoms with Gasteiger partial charge in [-0.2, -0.15) is 23.4 Å². The predicted molar refractivity (Wildman–Crippen MR) is 93.5 cm³/mol. The molecule has 1 saturated heterocycles. The van der Waals surface area contributed by atoms with Crippen molar-refractivity contribution in [3.05, 3.63) is 39.0 Å². The molecular weight excluding hydrogens is 401 g/mol. The second-order valence-electron chi connectivity index (χ2n) is 6.89. The van der Waals surface area contributed by atoms with Crippen LogP contribution in [0.5, 0.6) is 0 Å². The zero-order valence-electron chi connectivity index (χ0n) is 14.5. The third kappa shape index (κ3) is 3.58. The summed E-state index contributed by atoms with van der Waals surface area (Å²) < 4.78 is 40.1. The topological polar surface area (TPSA) is 95.9 Å². The molecule has 2 fully saturated rings. The van der Waals surface area contributed by atoms with Crippen molar-refractivity contribution in [3.63, 3.8) is 0 Å². The van der Waals surface area contributed by atoms with Crippen molar-refractivity contribution in [1.82, 2.24) is 25.3 Å². The number of H-pyrrole nitrogens is 1. The number of amides is 1. The van der Waals surface area contributed by atoms with Crippen molar-refractivity contribution in [3.8, 4) is 0 Å². The number of carbonyl (C=O) groups excluding carboxylic acids is 1. The number of aromatic amines is 1. The number of hydrogen-bond donors (Lipinski definition) is 2. The Hall–Kier alpha value is -2.56. The Labute approximate surface area is 161 Å². The molecule has 0 spiro atoms. The molecule has 150 valence electrons. The van der Waals surface area contributed by atoms with Crippen LogP contribution in [0.15, 0.2) is 17.1 Å². The van der Waals surface area contributed by atoms with Crippen molar-refractivity contribution < 1.29 is 18.0 Å². The molecule has 1 saturated carbocycles. The molecule has 0 bridgehead atoms. The van der Waals surface area contributed by atoms with E-state index in [1.165, 1.54) is 10.9 Å². The van der Waals surface area contributed by atoms with Crippen molar-refractivity contribution in [1.29, 1.82) is 0 Å². The summed E-state index contributed by atoms with van der Waals surface area (Å²) in [5, 5.41) is 12.3. The summed E-state index contributed by atoms with van der Waals surface area (Å²) in [4.78, 5) is 26.0. The highest BCUT2D eigenvalue weighted by atomic mass is 35.5. The van der Waals surface area contributed by atoms with E-state index >= 15 is 0 Å². The van der Waals surface area contributed by atoms with Gasteiger partial charge in [0.1, 0.15) is 10.7 Å². The number of carbonyl (C=O) groups is 1. The third-order valence-corrected chi connectivity index (χ3v) is 5.16. The maximum Gasteiger partial charge on any atom is 0.435 e. The van der Waals surface area contributed by atoms with E-state index < -0.39 is 23.3 Å². The quantitative estimate of drug-likeness (QED) is 0.794. The minimum atomic E-state index is -4.61. The molecule has 2 aromatic heterocycles. The van der Waals surface area contributed by atoms with Gasteiger partial charge in [0.25, 0.3) is 11.5 Å². The summed E-state index contributed by atoms with van der Waals surface area (Å²) in [5.41, 5.74) is -1.23. The lowest BCUT2D eigenvalue weighted by atomic mass is 10.2. The number of rotatable bonds is 4. The van der Waals surface area contributed by atoms with Gasteiger partial charge < -0.3 is 10.2 Å². The first-order valence-corrected chi connectivity index (χ1v) is 9.07. The fourth-order valence-corrected chi connectivity index (χ4v) is 3.46.